The van der Waals surface area contributed by atoms with E-state index in [9.17, 15) is 13.2 Å². The Morgan fingerprint density at radius 3 is 2.62 bits per heavy atom. The first-order chi connectivity index (χ1) is 11.5. The number of fused-ring (bicyclic) bond motifs is 1. The van der Waals surface area contributed by atoms with E-state index >= 15 is 0 Å². The molecule has 0 unspecified atom stereocenters. The van der Waals surface area contributed by atoms with Gasteiger partial charge in [-0.3, -0.25) is 9.38 Å². The van der Waals surface area contributed by atoms with Gasteiger partial charge >= 0.3 is 12.1 Å². The van der Waals surface area contributed by atoms with E-state index in [2.05, 4.69) is 29.6 Å². The topological polar surface area (TPSA) is 82.0 Å². The van der Waals surface area contributed by atoms with Crippen LogP contribution in [0.3, 0.4) is 0 Å². The second-order valence-electron chi connectivity index (χ2n) is 4.77. The summed E-state index contributed by atoms with van der Waals surface area (Å²) in [4.78, 5) is 16.0. The van der Waals surface area contributed by atoms with Gasteiger partial charge in [0.25, 0.3) is 0 Å². The molecular formula is C14H7F3N6O. The third kappa shape index (κ3) is 2.37. The van der Waals surface area contributed by atoms with Crippen LogP contribution in [0.5, 0.6) is 0 Å². The molecule has 10 heteroatoms. The van der Waals surface area contributed by atoms with E-state index in [-0.39, 0.29) is 5.82 Å². The van der Waals surface area contributed by atoms with Crippen LogP contribution >= 0.6 is 0 Å². The van der Waals surface area contributed by atoms with Gasteiger partial charge in [-0.15, -0.1) is 0 Å². The molecule has 0 aliphatic heterocycles. The minimum Gasteiger partial charge on any atom is -0.329 e. The van der Waals surface area contributed by atoms with E-state index in [0.29, 0.717) is 22.7 Å². The van der Waals surface area contributed by atoms with E-state index in [1.807, 2.05) is 0 Å². The summed E-state index contributed by atoms with van der Waals surface area (Å²) in [6.07, 6.45) is 1.64. The smallest absolute Gasteiger partial charge is 0.329 e. The zero-order chi connectivity index (χ0) is 16.7. The summed E-state index contributed by atoms with van der Waals surface area (Å²) in [7, 11) is 0. The highest BCUT2D eigenvalue weighted by Gasteiger charge is 2.38. The number of pyridine rings is 1. The molecule has 0 N–H and O–H groups in total. The number of halogens is 3. The summed E-state index contributed by atoms with van der Waals surface area (Å²) in [6, 6.07) is 4.75. The van der Waals surface area contributed by atoms with Crippen LogP contribution in [0.4, 0.5) is 13.2 Å². The maximum atomic E-state index is 12.6. The van der Waals surface area contributed by atoms with Crippen molar-refractivity contribution >= 4 is 5.65 Å². The average molecular weight is 332 g/mol. The van der Waals surface area contributed by atoms with Gasteiger partial charge in [0.15, 0.2) is 5.82 Å². The predicted molar refractivity (Wildman–Crippen MR) is 74.5 cm³/mol. The van der Waals surface area contributed by atoms with Gasteiger partial charge in [0.1, 0.15) is 11.3 Å². The minimum absolute atomic E-state index is 0.177. The van der Waals surface area contributed by atoms with E-state index in [1.54, 1.807) is 29.1 Å². The van der Waals surface area contributed by atoms with Crippen molar-refractivity contribution in [3.63, 3.8) is 0 Å². The molecule has 0 aliphatic rings. The molecule has 0 fully saturated rings. The Hall–Kier alpha value is -3.30. The Bertz CT molecular complexity index is 1020. The van der Waals surface area contributed by atoms with E-state index in [0.717, 1.165) is 0 Å². The van der Waals surface area contributed by atoms with Crippen molar-refractivity contribution in [1.82, 2.24) is 29.5 Å². The molecule has 0 amide bonds. The van der Waals surface area contributed by atoms with Gasteiger partial charge in [0, 0.05) is 30.4 Å². The molecule has 4 heterocycles. The standard InChI is InChI=1S/C14H7F3N6O/c15-14(16,17)13-21-11(22-24-13)8-1-3-18-9(7-8)12-20-4-2-10-19-5-6-23(10)12/h1-7H. The minimum atomic E-state index is -4.69. The lowest BCUT2D eigenvalue weighted by molar-refractivity contribution is -0.159. The molecule has 0 aliphatic carbocycles. The molecule has 4 aromatic rings. The van der Waals surface area contributed by atoms with Crippen molar-refractivity contribution in [3.8, 4) is 22.9 Å². The Balaban J connectivity index is 1.80. The number of hydrogen-bond acceptors (Lipinski definition) is 6. The third-order valence-corrected chi connectivity index (χ3v) is 3.23. The van der Waals surface area contributed by atoms with Crippen LogP contribution in [-0.2, 0) is 6.18 Å². The maximum Gasteiger partial charge on any atom is 0.471 e. The molecule has 0 aromatic carbocycles. The van der Waals surface area contributed by atoms with E-state index in [4.69, 9.17) is 0 Å². The first-order valence-electron chi connectivity index (χ1n) is 6.68. The molecular weight excluding hydrogens is 325 g/mol. The molecule has 0 spiro atoms. The van der Waals surface area contributed by atoms with Gasteiger partial charge < -0.3 is 4.52 Å². The molecule has 7 nitrogen and oxygen atoms in total. The van der Waals surface area contributed by atoms with E-state index in [1.165, 1.54) is 18.3 Å². The van der Waals surface area contributed by atoms with E-state index < -0.39 is 12.1 Å². The van der Waals surface area contributed by atoms with Crippen molar-refractivity contribution in [2.45, 2.75) is 6.18 Å². The Kier molecular flexibility index (Phi) is 3.05. The van der Waals surface area contributed by atoms with Gasteiger partial charge in [-0.2, -0.15) is 18.2 Å². The lowest BCUT2D eigenvalue weighted by atomic mass is 10.2. The first-order valence-corrected chi connectivity index (χ1v) is 6.68. The molecule has 0 radical (unpaired) electrons. The fraction of sp³-hybridized carbons (Fsp3) is 0.0714. The van der Waals surface area contributed by atoms with Gasteiger partial charge in [-0.1, -0.05) is 5.16 Å². The SMILES string of the molecule is FC(F)(F)c1nc(-c2ccnc(-c3nccc4nccn34)c2)no1. The number of hydrogen-bond donors (Lipinski definition) is 0. The summed E-state index contributed by atoms with van der Waals surface area (Å²) < 4.78 is 43.7. The molecule has 4 rings (SSSR count). The fourth-order valence-corrected chi connectivity index (χ4v) is 2.19. The Labute approximate surface area is 131 Å². The number of nitrogens with zero attached hydrogens (tertiary/aromatic N) is 6. The maximum absolute atomic E-state index is 12.6. The highest BCUT2D eigenvalue weighted by molar-refractivity contribution is 5.63. The van der Waals surface area contributed by atoms with Crippen molar-refractivity contribution < 1.29 is 17.7 Å². The molecule has 24 heavy (non-hydrogen) atoms. The number of rotatable bonds is 2. The van der Waals surface area contributed by atoms with Gasteiger partial charge in [0.2, 0.25) is 5.82 Å². The quantitative estimate of drug-likeness (QED) is 0.561. The summed E-state index contributed by atoms with van der Waals surface area (Å²) in [5, 5.41) is 3.37. The lowest BCUT2D eigenvalue weighted by Gasteiger charge is -2.04. The average Bonchev–Trinajstić information content (AvgIpc) is 3.23. The highest BCUT2D eigenvalue weighted by Crippen LogP contribution is 2.30. The molecule has 0 saturated carbocycles. The number of alkyl halides is 3. The fourth-order valence-electron chi connectivity index (χ4n) is 2.19. The number of imidazole rings is 1. The molecule has 4 aromatic heterocycles. The summed E-state index contributed by atoms with van der Waals surface area (Å²) in [6.45, 7) is 0. The van der Waals surface area contributed by atoms with Crippen LogP contribution in [0.1, 0.15) is 5.89 Å². The molecule has 0 bridgehead atoms. The van der Waals surface area contributed by atoms with Gasteiger partial charge in [-0.05, 0) is 18.2 Å². The largest absolute Gasteiger partial charge is 0.471 e. The van der Waals surface area contributed by atoms with Crippen LogP contribution in [0.2, 0.25) is 0 Å². The Morgan fingerprint density at radius 1 is 1.00 bits per heavy atom. The lowest BCUT2D eigenvalue weighted by Crippen LogP contribution is -2.04. The number of aromatic nitrogens is 6. The first kappa shape index (κ1) is 14.3. The van der Waals surface area contributed by atoms with Crippen LogP contribution in [0.25, 0.3) is 28.6 Å². The summed E-state index contributed by atoms with van der Waals surface area (Å²) >= 11 is 0. The van der Waals surface area contributed by atoms with Crippen LogP contribution in [-0.4, -0.2) is 29.5 Å². The normalized spacial score (nSPS) is 12.0. The van der Waals surface area contributed by atoms with Crippen molar-refractivity contribution in [2.75, 3.05) is 0 Å². The molecule has 0 saturated heterocycles. The monoisotopic (exact) mass is 332 g/mol. The third-order valence-electron chi connectivity index (χ3n) is 3.23. The van der Waals surface area contributed by atoms with Gasteiger partial charge in [-0.25, -0.2) is 9.97 Å². The van der Waals surface area contributed by atoms with Crippen LogP contribution < -0.4 is 0 Å². The highest BCUT2D eigenvalue weighted by atomic mass is 19.4. The summed E-state index contributed by atoms with van der Waals surface area (Å²) in [5.41, 5.74) is 1.44. The second kappa shape index (κ2) is 5.11. The van der Waals surface area contributed by atoms with Gasteiger partial charge in [0.05, 0.1) is 0 Å². The van der Waals surface area contributed by atoms with Crippen LogP contribution in [0.15, 0.2) is 47.5 Å². The van der Waals surface area contributed by atoms with Crippen molar-refractivity contribution in [2.24, 2.45) is 0 Å². The summed E-state index contributed by atoms with van der Waals surface area (Å²) in [5.74, 6) is -1.08. The van der Waals surface area contributed by atoms with Crippen molar-refractivity contribution in [3.05, 3.63) is 48.9 Å². The molecule has 120 valence electrons. The van der Waals surface area contributed by atoms with Crippen LogP contribution in [0, 0.1) is 0 Å². The molecule has 0 atom stereocenters. The predicted octanol–water partition coefficient (Wildman–Crippen LogP) is 2.86. The second-order valence-corrected chi connectivity index (χ2v) is 4.77. The zero-order valence-electron chi connectivity index (χ0n) is 11.8. The zero-order valence-corrected chi connectivity index (χ0v) is 11.8. The Morgan fingerprint density at radius 2 is 1.83 bits per heavy atom. The van der Waals surface area contributed by atoms with Crippen molar-refractivity contribution in [1.29, 1.82) is 0 Å².